The molecule has 0 aliphatic heterocycles. The van der Waals surface area contributed by atoms with Crippen LogP contribution in [0.5, 0.6) is 0 Å². The van der Waals surface area contributed by atoms with Crippen molar-refractivity contribution in [1.29, 1.82) is 5.41 Å². The first-order chi connectivity index (χ1) is 7.71. The molecule has 0 unspecified atom stereocenters. The molecule has 0 aliphatic carbocycles. The number of nitrogens with one attached hydrogen (secondary N) is 3. The molecule has 0 spiro atoms. The predicted octanol–water partition coefficient (Wildman–Crippen LogP) is 1.66. The van der Waals surface area contributed by atoms with Crippen LogP contribution in [-0.2, 0) is 13.0 Å². The van der Waals surface area contributed by atoms with Gasteiger partial charge < -0.3 is 16.4 Å². The van der Waals surface area contributed by atoms with Gasteiger partial charge in [-0.05, 0) is 36.6 Å². The molecule has 0 bridgehead atoms. The molecule has 0 amide bonds. The summed E-state index contributed by atoms with van der Waals surface area (Å²) in [6, 6.07) is 6.04. The van der Waals surface area contributed by atoms with E-state index < -0.39 is 0 Å². The topological polar surface area (TPSA) is 73.9 Å². The highest BCUT2D eigenvalue weighted by molar-refractivity contribution is 5.91. The zero-order chi connectivity index (χ0) is 12.0. The van der Waals surface area contributed by atoms with Crippen LogP contribution in [0.2, 0.25) is 0 Å². The Labute approximate surface area is 96.7 Å². The molecule has 0 fully saturated rings. The van der Waals surface area contributed by atoms with E-state index >= 15 is 0 Å². The van der Waals surface area contributed by atoms with Gasteiger partial charge in [0, 0.05) is 18.8 Å². The van der Waals surface area contributed by atoms with Gasteiger partial charge in [-0.2, -0.15) is 0 Å². The van der Waals surface area contributed by atoms with Crippen molar-refractivity contribution in [3.63, 3.8) is 0 Å². The maximum Gasteiger partial charge on any atom is 0.192 e. The molecule has 5 N–H and O–H groups in total. The van der Waals surface area contributed by atoms with E-state index in [1.54, 1.807) is 0 Å². The molecule has 0 saturated heterocycles. The minimum atomic E-state index is 0.315. The minimum absolute atomic E-state index is 0.315. The van der Waals surface area contributed by atoms with Crippen LogP contribution in [0.3, 0.4) is 0 Å². The van der Waals surface area contributed by atoms with Gasteiger partial charge in [0.05, 0.1) is 0 Å². The van der Waals surface area contributed by atoms with Crippen LogP contribution >= 0.6 is 0 Å². The van der Waals surface area contributed by atoms with Gasteiger partial charge in [-0.25, -0.2) is 0 Å². The van der Waals surface area contributed by atoms with Crippen LogP contribution in [0.1, 0.15) is 25.0 Å². The van der Waals surface area contributed by atoms with Gasteiger partial charge in [0.15, 0.2) is 5.96 Å². The second-order valence-corrected chi connectivity index (χ2v) is 3.57. The molecule has 0 aromatic heterocycles. The van der Waals surface area contributed by atoms with Crippen LogP contribution < -0.4 is 16.4 Å². The highest BCUT2D eigenvalue weighted by Gasteiger charge is 2.02. The Morgan fingerprint density at radius 3 is 2.62 bits per heavy atom. The highest BCUT2D eigenvalue weighted by Crippen LogP contribution is 2.16. The van der Waals surface area contributed by atoms with Crippen molar-refractivity contribution in [1.82, 2.24) is 5.32 Å². The highest BCUT2D eigenvalue weighted by atomic mass is 15.1. The molecule has 4 nitrogen and oxygen atoms in total. The first-order valence-corrected chi connectivity index (χ1v) is 5.62. The standard InChI is InChI=1S/C12H20N4/c1-3-9-5-6-11(7-10(9)8-13)16-12(14)15-4-2/h5-7H,3-4,8,13H2,1-2H3,(H3,14,15,16). The van der Waals surface area contributed by atoms with E-state index in [9.17, 15) is 0 Å². The molecule has 0 aliphatic rings. The second kappa shape index (κ2) is 6.12. The van der Waals surface area contributed by atoms with Gasteiger partial charge in [-0.1, -0.05) is 13.0 Å². The summed E-state index contributed by atoms with van der Waals surface area (Å²) >= 11 is 0. The lowest BCUT2D eigenvalue weighted by Gasteiger charge is -2.12. The molecule has 1 rings (SSSR count). The molecule has 0 atom stereocenters. The summed E-state index contributed by atoms with van der Waals surface area (Å²) in [6.07, 6.45) is 0.984. The van der Waals surface area contributed by atoms with Crippen LogP contribution in [0.25, 0.3) is 0 Å². The fourth-order valence-electron chi connectivity index (χ4n) is 1.60. The zero-order valence-electron chi connectivity index (χ0n) is 9.93. The molecule has 4 heteroatoms. The predicted molar refractivity (Wildman–Crippen MR) is 68.7 cm³/mol. The normalized spacial score (nSPS) is 9.94. The number of hydrogen-bond donors (Lipinski definition) is 4. The Balaban J connectivity index is 2.78. The number of anilines is 1. The molecule has 88 valence electrons. The average molecular weight is 220 g/mol. The zero-order valence-corrected chi connectivity index (χ0v) is 9.93. The van der Waals surface area contributed by atoms with E-state index in [1.165, 1.54) is 5.56 Å². The van der Waals surface area contributed by atoms with Gasteiger partial charge in [-0.15, -0.1) is 0 Å². The van der Waals surface area contributed by atoms with Gasteiger partial charge in [0.1, 0.15) is 0 Å². The van der Waals surface area contributed by atoms with Crippen molar-refractivity contribution in [2.45, 2.75) is 26.8 Å². The maximum atomic E-state index is 7.60. The fourth-order valence-corrected chi connectivity index (χ4v) is 1.60. The third-order valence-corrected chi connectivity index (χ3v) is 2.43. The van der Waals surface area contributed by atoms with E-state index in [4.69, 9.17) is 11.1 Å². The number of aryl methyl sites for hydroxylation is 1. The van der Waals surface area contributed by atoms with Crippen molar-refractivity contribution in [2.24, 2.45) is 5.73 Å². The van der Waals surface area contributed by atoms with Gasteiger partial charge in [-0.3, -0.25) is 5.41 Å². The van der Waals surface area contributed by atoms with E-state index in [-0.39, 0.29) is 0 Å². The van der Waals surface area contributed by atoms with Gasteiger partial charge in [0.25, 0.3) is 0 Å². The molecule has 0 heterocycles. The summed E-state index contributed by atoms with van der Waals surface area (Å²) in [6.45, 7) is 5.35. The molecule has 16 heavy (non-hydrogen) atoms. The Morgan fingerprint density at radius 2 is 2.06 bits per heavy atom. The SMILES string of the molecule is CCNC(=N)Nc1ccc(CC)c(CN)c1. The van der Waals surface area contributed by atoms with Gasteiger partial charge in [0.2, 0.25) is 0 Å². The van der Waals surface area contributed by atoms with Crippen LogP contribution in [0.4, 0.5) is 5.69 Å². The smallest absolute Gasteiger partial charge is 0.192 e. The van der Waals surface area contributed by atoms with E-state index in [0.29, 0.717) is 12.5 Å². The summed E-state index contributed by atoms with van der Waals surface area (Å²) in [7, 11) is 0. The molecule has 0 radical (unpaired) electrons. The number of benzene rings is 1. The molecular weight excluding hydrogens is 200 g/mol. The Hall–Kier alpha value is -1.55. The number of nitrogens with two attached hydrogens (primary N) is 1. The van der Waals surface area contributed by atoms with Crippen molar-refractivity contribution in [3.8, 4) is 0 Å². The average Bonchev–Trinajstić information content (AvgIpc) is 2.29. The molecule has 1 aromatic carbocycles. The minimum Gasteiger partial charge on any atom is -0.357 e. The summed E-state index contributed by atoms with van der Waals surface area (Å²) in [4.78, 5) is 0. The van der Waals surface area contributed by atoms with E-state index in [0.717, 1.165) is 24.2 Å². The first kappa shape index (κ1) is 12.5. The first-order valence-electron chi connectivity index (χ1n) is 5.62. The fraction of sp³-hybridized carbons (Fsp3) is 0.417. The molecular formula is C12H20N4. The lowest BCUT2D eigenvalue weighted by Crippen LogP contribution is -2.29. The third kappa shape index (κ3) is 3.24. The molecule has 1 aromatic rings. The van der Waals surface area contributed by atoms with E-state index in [1.807, 2.05) is 19.1 Å². The Kier molecular flexibility index (Phi) is 4.79. The summed E-state index contributed by atoms with van der Waals surface area (Å²) in [5.41, 5.74) is 9.00. The quantitative estimate of drug-likeness (QED) is 0.460. The summed E-state index contributed by atoms with van der Waals surface area (Å²) in [5.74, 6) is 0.315. The van der Waals surface area contributed by atoms with Gasteiger partial charge >= 0.3 is 0 Å². The van der Waals surface area contributed by atoms with Crippen molar-refractivity contribution in [3.05, 3.63) is 29.3 Å². The summed E-state index contributed by atoms with van der Waals surface area (Å²) < 4.78 is 0. The van der Waals surface area contributed by atoms with Crippen molar-refractivity contribution >= 4 is 11.6 Å². The van der Waals surface area contributed by atoms with Crippen molar-refractivity contribution < 1.29 is 0 Å². The number of guanidine groups is 1. The van der Waals surface area contributed by atoms with Crippen LogP contribution in [0, 0.1) is 5.41 Å². The lowest BCUT2D eigenvalue weighted by molar-refractivity contribution is 0.953. The summed E-state index contributed by atoms with van der Waals surface area (Å²) in [5, 5.41) is 13.5. The largest absolute Gasteiger partial charge is 0.357 e. The monoisotopic (exact) mass is 220 g/mol. The van der Waals surface area contributed by atoms with E-state index in [2.05, 4.69) is 23.6 Å². The third-order valence-electron chi connectivity index (χ3n) is 2.43. The maximum absolute atomic E-state index is 7.60. The number of rotatable bonds is 4. The van der Waals surface area contributed by atoms with Crippen molar-refractivity contribution in [2.75, 3.05) is 11.9 Å². The second-order valence-electron chi connectivity index (χ2n) is 3.57. The van der Waals surface area contributed by atoms with Crippen LogP contribution in [0.15, 0.2) is 18.2 Å². The lowest BCUT2D eigenvalue weighted by atomic mass is 10.0. The Bertz CT molecular complexity index is 360. The number of hydrogen-bond acceptors (Lipinski definition) is 2. The Morgan fingerprint density at radius 1 is 1.31 bits per heavy atom. The van der Waals surface area contributed by atoms with Crippen LogP contribution in [-0.4, -0.2) is 12.5 Å². The molecule has 0 saturated carbocycles.